The molecule has 1 fully saturated rings. The summed E-state index contributed by atoms with van der Waals surface area (Å²) < 4.78 is 0. The van der Waals surface area contributed by atoms with Crippen LogP contribution in [-0.2, 0) is 4.79 Å². The molecule has 4 heterocycles. The van der Waals surface area contributed by atoms with Gasteiger partial charge >= 0.3 is 0 Å². The van der Waals surface area contributed by atoms with E-state index in [1.54, 1.807) is 23.1 Å². The van der Waals surface area contributed by atoms with Crippen LogP contribution in [-0.4, -0.2) is 30.5 Å². The molecule has 7 nitrogen and oxygen atoms in total. The fraction of sp³-hybridized carbons (Fsp3) is 0.318. The second-order valence-corrected chi connectivity index (χ2v) is 8.77. The predicted octanol–water partition coefficient (Wildman–Crippen LogP) is 3.12. The minimum Gasteiger partial charge on any atom is -0.398 e. The lowest BCUT2D eigenvalue weighted by molar-refractivity contribution is -0.114. The van der Waals surface area contributed by atoms with E-state index in [4.69, 9.17) is 5.73 Å². The summed E-state index contributed by atoms with van der Waals surface area (Å²) in [5, 5.41) is 12.9. The highest BCUT2D eigenvalue weighted by molar-refractivity contribution is 8.04. The molecule has 3 aliphatic rings. The monoisotopic (exact) mass is 418 g/mol. The van der Waals surface area contributed by atoms with Gasteiger partial charge in [0.05, 0.1) is 21.8 Å². The molecule has 1 atom stereocenters. The zero-order valence-corrected chi connectivity index (χ0v) is 17.3. The van der Waals surface area contributed by atoms with Gasteiger partial charge in [0, 0.05) is 43.5 Å². The standard InChI is InChI=1S/C22H22N6OS/c23-12-15-16(24)4-3-5-18(15)28-11-8-17-20(22(28)29)30-21(26-17)14-6-7-19(25-13-14)27-9-1-2-10-27/h3-7,13,21,26H,1-2,8-11,24H2. The minimum absolute atomic E-state index is 0.0321. The Hall–Kier alpha value is -3.18. The number of nitriles is 1. The molecule has 30 heavy (non-hydrogen) atoms. The molecule has 3 N–H and O–H groups in total. The van der Waals surface area contributed by atoms with E-state index in [9.17, 15) is 10.1 Å². The van der Waals surface area contributed by atoms with E-state index in [1.165, 1.54) is 24.6 Å². The van der Waals surface area contributed by atoms with Gasteiger partial charge in [0.25, 0.3) is 5.91 Å². The van der Waals surface area contributed by atoms with Gasteiger partial charge in [-0.3, -0.25) is 4.79 Å². The summed E-state index contributed by atoms with van der Waals surface area (Å²) >= 11 is 1.52. The van der Waals surface area contributed by atoms with Crippen LogP contribution in [0.15, 0.2) is 47.1 Å². The van der Waals surface area contributed by atoms with Gasteiger partial charge in [0.2, 0.25) is 0 Å². The summed E-state index contributed by atoms with van der Waals surface area (Å²) in [4.78, 5) is 22.6. The van der Waals surface area contributed by atoms with Crippen molar-refractivity contribution in [2.24, 2.45) is 0 Å². The van der Waals surface area contributed by atoms with Crippen molar-refractivity contribution in [3.63, 3.8) is 0 Å². The number of hydrogen-bond acceptors (Lipinski definition) is 7. The smallest absolute Gasteiger partial charge is 0.266 e. The maximum absolute atomic E-state index is 13.2. The molecule has 0 aliphatic carbocycles. The molecule has 1 aromatic carbocycles. The number of thioether (sulfide) groups is 1. The number of benzene rings is 1. The van der Waals surface area contributed by atoms with E-state index in [1.807, 2.05) is 6.20 Å². The third kappa shape index (κ3) is 3.15. The maximum atomic E-state index is 13.2. The summed E-state index contributed by atoms with van der Waals surface area (Å²) in [5.41, 5.74) is 9.29. The van der Waals surface area contributed by atoms with Crippen LogP contribution in [0.25, 0.3) is 0 Å². The fourth-order valence-corrected chi connectivity index (χ4v) is 5.45. The highest BCUT2D eigenvalue weighted by Gasteiger charge is 2.37. The Morgan fingerprint density at radius 2 is 2.03 bits per heavy atom. The molecule has 5 rings (SSSR count). The van der Waals surface area contributed by atoms with Crippen molar-refractivity contribution in [2.45, 2.75) is 24.6 Å². The molecule has 0 saturated carbocycles. The first-order valence-electron chi connectivity index (χ1n) is 10.1. The van der Waals surface area contributed by atoms with E-state index in [0.717, 1.165) is 30.2 Å². The van der Waals surface area contributed by atoms with Gasteiger partial charge in [-0.15, -0.1) is 0 Å². The Balaban J connectivity index is 1.34. The number of anilines is 3. The van der Waals surface area contributed by atoms with Crippen LogP contribution in [0, 0.1) is 11.3 Å². The van der Waals surface area contributed by atoms with E-state index < -0.39 is 0 Å². The lowest BCUT2D eigenvalue weighted by Gasteiger charge is -2.28. The zero-order chi connectivity index (χ0) is 20.7. The number of nitrogens with zero attached hydrogens (tertiary/aromatic N) is 4. The highest BCUT2D eigenvalue weighted by Crippen LogP contribution is 2.45. The fourth-order valence-electron chi connectivity index (χ4n) is 4.23. The third-order valence-electron chi connectivity index (χ3n) is 5.82. The summed E-state index contributed by atoms with van der Waals surface area (Å²) in [6.45, 7) is 2.65. The molecule has 1 aromatic heterocycles. The third-order valence-corrected chi connectivity index (χ3v) is 7.10. The van der Waals surface area contributed by atoms with Crippen molar-refractivity contribution in [1.29, 1.82) is 5.26 Å². The number of carbonyl (C=O) groups excluding carboxylic acids is 1. The Kier molecular flexibility index (Phi) is 4.75. The molecule has 2 aromatic rings. The molecular formula is C22H22N6OS. The van der Waals surface area contributed by atoms with Crippen LogP contribution in [0.3, 0.4) is 0 Å². The van der Waals surface area contributed by atoms with Crippen molar-refractivity contribution in [2.75, 3.05) is 35.2 Å². The van der Waals surface area contributed by atoms with Gasteiger partial charge in [0.15, 0.2) is 0 Å². The Bertz CT molecular complexity index is 1070. The second-order valence-electron chi connectivity index (χ2n) is 7.65. The van der Waals surface area contributed by atoms with Gasteiger partial charge in [-0.2, -0.15) is 5.26 Å². The SMILES string of the molecule is N#Cc1c(N)cccc1N1CCC2=C(SC(c3ccc(N4CCCC4)nc3)N2)C1=O. The van der Waals surface area contributed by atoms with Crippen molar-refractivity contribution >= 4 is 34.9 Å². The van der Waals surface area contributed by atoms with Crippen LogP contribution in [0.4, 0.5) is 17.2 Å². The van der Waals surface area contributed by atoms with Gasteiger partial charge < -0.3 is 20.9 Å². The molecule has 0 bridgehead atoms. The summed E-state index contributed by atoms with van der Waals surface area (Å²) in [5.74, 6) is 0.935. The summed E-state index contributed by atoms with van der Waals surface area (Å²) in [7, 11) is 0. The first-order chi connectivity index (χ1) is 14.7. The predicted molar refractivity (Wildman–Crippen MR) is 119 cm³/mol. The molecule has 3 aliphatic heterocycles. The van der Waals surface area contributed by atoms with Crippen molar-refractivity contribution in [3.8, 4) is 6.07 Å². The van der Waals surface area contributed by atoms with E-state index in [-0.39, 0.29) is 11.3 Å². The number of amides is 1. The van der Waals surface area contributed by atoms with Gasteiger partial charge in [0.1, 0.15) is 17.3 Å². The first kappa shape index (κ1) is 18.8. The van der Waals surface area contributed by atoms with E-state index >= 15 is 0 Å². The lowest BCUT2D eigenvalue weighted by atomic mass is 10.1. The maximum Gasteiger partial charge on any atom is 0.266 e. The average Bonchev–Trinajstić information content (AvgIpc) is 3.45. The van der Waals surface area contributed by atoms with Crippen molar-refractivity contribution < 1.29 is 4.79 Å². The molecule has 0 spiro atoms. The van der Waals surface area contributed by atoms with Crippen LogP contribution in [0.2, 0.25) is 0 Å². The number of nitrogens with two attached hydrogens (primary N) is 1. The molecule has 0 radical (unpaired) electrons. The lowest BCUT2D eigenvalue weighted by Crippen LogP contribution is -2.37. The Labute approximate surface area is 179 Å². The van der Waals surface area contributed by atoms with Crippen LogP contribution in [0.5, 0.6) is 0 Å². The number of carbonyl (C=O) groups is 1. The number of pyridine rings is 1. The Morgan fingerprint density at radius 3 is 2.77 bits per heavy atom. The number of hydrogen-bond donors (Lipinski definition) is 2. The number of nitrogen functional groups attached to an aromatic ring is 1. The molecule has 8 heteroatoms. The van der Waals surface area contributed by atoms with E-state index in [2.05, 4.69) is 33.4 Å². The summed E-state index contributed by atoms with van der Waals surface area (Å²) in [6.07, 6.45) is 5.06. The zero-order valence-electron chi connectivity index (χ0n) is 16.5. The van der Waals surface area contributed by atoms with Gasteiger partial charge in [-0.05, 0) is 31.0 Å². The Morgan fingerprint density at radius 1 is 1.20 bits per heavy atom. The largest absolute Gasteiger partial charge is 0.398 e. The quantitative estimate of drug-likeness (QED) is 0.739. The second kappa shape index (κ2) is 7.58. The molecular weight excluding hydrogens is 396 g/mol. The van der Waals surface area contributed by atoms with E-state index in [0.29, 0.717) is 34.8 Å². The minimum atomic E-state index is -0.0833. The number of aromatic nitrogens is 1. The van der Waals surface area contributed by atoms with Crippen molar-refractivity contribution in [1.82, 2.24) is 10.3 Å². The molecule has 1 amide bonds. The highest BCUT2D eigenvalue weighted by atomic mass is 32.2. The first-order valence-corrected chi connectivity index (χ1v) is 11.0. The topological polar surface area (TPSA) is 98.3 Å². The molecule has 1 unspecified atom stereocenters. The van der Waals surface area contributed by atoms with Gasteiger partial charge in [-0.25, -0.2) is 4.98 Å². The normalized spacial score (nSPS) is 20.9. The van der Waals surface area contributed by atoms with Gasteiger partial charge in [-0.1, -0.05) is 23.9 Å². The molecule has 1 saturated heterocycles. The van der Waals surface area contributed by atoms with Crippen LogP contribution >= 0.6 is 11.8 Å². The molecule has 152 valence electrons. The average molecular weight is 419 g/mol. The summed E-state index contributed by atoms with van der Waals surface area (Å²) in [6, 6.07) is 11.5. The van der Waals surface area contributed by atoms with Crippen molar-refractivity contribution in [3.05, 3.63) is 58.3 Å². The van der Waals surface area contributed by atoms with Crippen LogP contribution in [0.1, 0.15) is 35.8 Å². The van der Waals surface area contributed by atoms with Crippen LogP contribution < -0.4 is 20.9 Å². The number of nitrogens with one attached hydrogen (secondary N) is 1. The number of rotatable bonds is 3.